The minimum atomic E-state index is 0.0432. The molecule has 0 spiro atoms. The van der Waals surface area contributed by atoms with Crippen molar-refractivity contribution in [3.8, 4) is 5.75 Å². The van der Waals surface area contributed by atoms with Gasteiger partial charge in [-0.05, 0) is 56.5 Å². The first kappa shape index (κ1) is 18.8. The Labute approximate surface area is 150 Å². The molecule has 0 bridgehead atoms. The van der Waals surface area contributed by atoms with E-state index in [-0.39, 0.29) is 6.10 Å². The summed E-state index contributed by atoms with van der Waals surface area (Å²) in [6.07, 6.45) is 2.87. The smallest absolute Gasteiger partial charge is 0.191 e. The van der Waals surface area contributed by atoms with Crippen LogP contribution in [-0.4, -0.2) is 37.2 Å². The third-order valence-corrected chi connectivity index (χ3v) is 3.79. The molecular formula is C20H28N4O. The highest BCUT2D eigenvalue weighted by Gasteiger charge is 2.06. The molecule has 134 valence electrons. The van der Waals surface area contributed by atoms with E-state index in [2.05, 4.69) is 39.7 Å². The van der Waals surface area contributed by atoms with Crippen molar-refractivity contribution in [2.24, 2.45) is 4.99 Å². The van der Waals surface area contributed by atoms with Crippen LogP contribution in [0, 0.1) is 13.8 Å². The number of nitrogens with zero attached hydrogens (tertiary/aromatic N) is 2. The third kappa shape index (κ3) is 6.83. The van der Waals surface area contributed by atoms with Gasteiger partial charge in [-0.2, -0.15) is 0 Å². The van der Waals surface area contributed by atoms with Gasteiger partial charge in [-0.1, -0.05) is 18.2 Å². The number of aromatic nitrogens is 1. The predicted octanol–water partition coefficient (Wildman–Crippen LogP) is 2.87. The molecule has 1 aromatic carbocycles. The molecule has 0 aliphatic heterocycles. The SMILES string of the molecule is CN=C(NCCc1ccc(C)nc1)NCC(C)Oc1cccc(C)c1. The largest absolute Gasteiger partial charge is 0.489 e. The summed E-state index contributed by atoms with van der Waals surface area (Å²) in [5.74, 6) is 1.67. The molecule has 5 nitrogen and oxygen atoms in total. The van der Waals surface area contributed by atoms with Gasteiger partial charge in [0.15, 0.2) is 5.96 Å². The standard InChI is InChI=1S/C20H28N4O/c1-15-6-5-7-19(12-15)25-17(3)13-24-20(21-4)22-11-10-18-9-8-16(2)23-14-18/h5-9,12,14,17H,10-11,13H2,1-4H3,(H2,21,22,24). The fraction of sp³-hybridized carbons (Fsp3) is 0.400. The summed E-state index contributed by atoms with van der Waals surface area (Å²) >= 11 is 0. The maximum absolute atomic E-state index is 5.92. The molecular weight excluding hydrogens is 312 g/mol. The molecule has 0 saturated heterocycles. The molecule has 2 N–H and O–H groups in total. The van der Waals surface area contributed by atoms with Crippen molar-refractivity contribution >= 4 is 5.96 Å². The van der Waals surface area contributed by atoms with E-state index in [9.17, 15) is 0 Å². The maximum Gasteiger partial charge on any atom is 0.191 e. The maximum atomic E-state index is 5.92. The average molecular weight is 340 g/mol. The van der Waals surface area contributed by atoms with Crippen molar-refractivity contribution < 1.29 is 4.74 Å². The first-order valence-corrected chi connectivity index (χ1v) is 8.66. The molecule has 25 heavy (non-hydrogen) atoms. The van der Waals surface area contributed by atoms with Gasteiger partial charge in [-0.3, -0.25) is 9.98 Å². The van der Waals surface area contributed by atoms with E-state index in [1.807, 2.05) is 44.3 Å². The lowest BCUT2D eigenvalue weighted by atomic mass is 10.2. The van der Waals surface area contributed by atoms with E-state index in [0.29, 0.717) is 6.54 Å². The Morgan fingerprint density at radius 2 is 2.04 bits per heavy atom. The third-order valence-electron chi connectivity index (χ3n) is 3.79. The molecule has 0 aliphatic carbocycles. The number of ether oxygens (including phenoxy) is 1. The topological polar surface area (TPSA) is 58.5 Å². The highest BCUT2D eigenvalue weighted by molar-refractivity contribution is 5.79. The van der Waals surface area contributed by atoms with E-state index < -0.39 is 0 Å². The molecule has 1 atom stereocenters. The molecule has 1 unspecified atom stereocenters. The average Bonchev–Trinajstić information content (AvgIpc) is 2.59. The molecule has 0 saturated carbocycles. The number of aliphatic imine (C=N–C) groups is 1. The van der Waals surface area contributed by atoms with Crippen LogP contribution in [0.4, 0.5) is 0 Å². The van der Waals surface area contributed by atoms with Gasteiger partial charge >= 0.3 is 0 Å². The first-order valence-electron chi connectivity index (χ1n) is 8.66. The van der Waals surface area contributed by atoms with Crippen LogP contribution in [-0.2, 0) is 6.42 Å². The second kappa shape index (κ2) is 9.67. The summed E-state index contributed by atoms with van der Waals surface area (Å²) in [7, 11) is 1.77. The summed E-state index contributed by atoms with van der Waals surface area (Å²) in [6.45, 7) is 7.58. The lowest BCUT2D eigenvalue weighted by Gasteiger charge is -2.18. The fourth-order valence-electron chi connectivity index (χ4n) is 2.40. The molecule has 0 fully saturated rings. The van der Waals surface area contributed by atoms with Crippen molar-refractivity contribution in [2.75, 3.05) is 20.1 Å². The van der Waals surface area contributed by atoms with Crippen molar-refractivity contribution in [1.29, 1.82) is 0 Å². The zero-order chi connectivity index (χ0) is 18.1. The summed E-state index contributed by atoms with van der Waals surface area (Å²) in [5.41, 5.74) is 3.45. The Balaban J connectivity index is 1.71. The highest BCUT2D eigenvalue weighted by atomic mass is 16.5. The Morgan fingerprint density at radius 3 is 2.72 bits per heavy atom. The lowest BCUT2D eigenvalue weighted by Crippen LogP contribution is -2.42. The van der Waals surface area contributed by atoms with Crippen molar-refractivity contribution in [2.45, 2.75) is 33.3 Å². The van der Waals surface area contributed by atoms with Gasteiger partial charge < -0.3 is 15.4 Å². The van der Waals surface area contributed by atoms with Gasteiger partial charge in [0.05, 0.1) is 6.54 Å². The van der Waals surface area contributed by atoms with Crippen LogP contribution in [0.2, 0.25) is 0 Å². The molecule has 1 heterocycles. The Morgan fingerprint density at radius 1 is 1.20 bits per heavy atom. The number of guanidine groups is 1. The van der Waals surface area contributed by atoms with Gasteiger partial charge in [-0.15, -0.1) is 0 Å². The molecule has 2 rings (SSSR count). The van der Waals surface area contributed by atoms with Gasteiger partial charge in [-0.25, -0.2) is 0 Å². The van der Waals surface area contributed by atoms with Crippen LogP contribution >= 0.6 is 0 Å². The number of benzene rings is 1. The van der Waals surface area contributed by atoms with E-state index >= 15 is 0 Å². The Kier molecular flexibility index (Phi) is 7.26. The lowest BCUT2D eigenvalue weighted by molar-refractivity contribution is 0.223. The number of rotatable bonds is 7. The monoisotopic (exact) mass is 340 g/mol. The summed E-state index contributed by atoms with van der Waals surface area (Å²) in [4.78, 5) is 8.56. The molecule has 2 aromatic rings. The number of aryl methyl sites for hydroxylation is 2. The van der Waals surface area contributed by atoms with E-state index in [0.717, 1.165) is 30.4 Å². The highest BCUT2D eigenvalue weighted by Crippen LogP contribution is 2.13. The molecule has 1 aromatic heterocycles. The molecule has 0 aliphatic rings. The molecule has 0 amide bonds. The van der Waals surface area contributed by atoms with E-state index in [1.165, 1.54) is 11.1 Å². The van der Waals surface area contributed by atoms with Crippen LogP contribution in [0.25, 0.3) is 0 Å². The zero-order valence-electron chi connectivity index (χ0n) is 15.5. The second-order valence-electron chi connectivity index (χ2n) is 6.18. The minimum absolute atomic E-state index is 0.0432. The van der Waals surface area contributed by atoms with Crippen LogP contribution in [0.15, 0.2) is 47.6 Å². The second-order valence-corrected chi connectivity index (χ2v) is 6.18. The van der Waals surface area contributed by atoms with Gasteiger partial charge in [0, 0.05) is 25.5 Å². The van der Waals surface area contributed by atoms with Gasteiger partial charge in [0.25, 0.3) is 0 Å². The summed E-state index contributed by atoms with van der Waals surface area (Å²) < 4.78 is 5.92. The molecule has 0 radical (unpaired) electrons. The number of hydrogen-bond acceptors (Lipinski definition) is 3. The zero-order valence-corrected chi connectivity index (χ0v) is 15.5. The van der Waals surface area contributed by atoms with Gasteiger partial charge in [0.1, 0.15) is 11.9 Å². The van der Waals surface area contributed by atoms with Crippen molar-refractivity contribution in [3.05, 3.63) is 59.4 Å². The van der Waals surface area contributed by atoms with Crippen LogP contribution in [0.1, 0.15) is 23.7 Å². The Hall–Kier alpha value is -2.56. The number of nitrogens with one attached hydrogen (secondary N) is 2. The van der Waals surface area contributed by atoms with Crippen LogP contribution < -0.4 is 15.4 Å². The van der Waals surface area contributed by atoms with Crippen LogP contribution in [0.3, 0.4) is 0 Å². The molecule has 5 heteroatoms. The summed E-state index contributed by atoms with van der Waals surface area (Å²) in [5, 5.41) is 6.61. The number of hydrogen-bond donors (Lipinski definition) is 2. The van der Waals surface area contributed by atoms with Crippen molar-refractivity contribution in [3.63, 3.8) is 0 Å². The minimum Gasteiger partial charge on any atom is -0.489 e. The van der Waals surface area contributed by atoms with Crippen LogP contribution in [0.5, 0.6) is 5.75 Å². The quantitative estimate of drug-likeness (QED) is 0.601. The van der Waals surface area contributed by atoms with E-state index in [4.69, 9.17) is 4.74 Å². The number of pyridine rings is 1. The van der Waals surface area contributed by atoms with Crippen molar-refractivity contribution in [1.82, 2.24) is 15.6 Å². The first-order chi connectivity index (χ1) is 12.1. The summed E-state index contributed by atoms with van der Waals surface area (Å²) in [6, 6.07) is 12.2. The predicted molar refractivity (Wildman–Crippen MR) is 103 cm³/mol. The Bertz CT molecular complexity index is 682. The van der Waals surface area contributed by atoms with Gasteiger partial charge in [0.2, 0.25) is 0 Å². The van der Waals surface area contributed by atoms with E-state index in [1.54, 1.807) is 7.05 Å². The fourth-order valence-corrected chi connectivity index (χ4v) is 2.40. The normalized spacial score (nSPS) is 12.6.